The molecule has 5 nitrogen and oxygen atoms in total. The molecule has 8 heteroatoms. The molecule has 0 saturated carbocycles. The van der Waals surface area contributed by atoms with Crippen molar-refractivity contribution in [1.29, 1.82) is 0 Å². The monoisotopic (exact) mass is 292 g/mol. The van der Waals surface area contributed by atoms with Crippen molar-refractivity contribution in [3.05, 3.63) is 23.5 Å². The van der Waals surface area contributed by atoms with Crippen molar-refractivity contribution in [3.63, 3.8) is 0 Å². The van der Waals surface area contributed by atoms with E-state index in [9.17, 15) is 22.8 Å². The lowest BCUT2D eigenvalue weighted by atomic mass is 10.2. The zero-order valence-corrected chi connectivity index (χ0v) is 10.8. The van der Waals surface area contributed by atoms with Gasteiger partial charge in [0.25, 0.3) is 0 Å². The smallest absolute Gasteiger partial charge is 0.418 e. The van der Waals surface area contributed by atoms with Gasteiger partial charge in [-0.3, -0.25) is 4.79 Å². The van der Waals surface area contributed by atoms with Crippen LogP contribution in [-0.4, -0.2) is 28.1 Å². The van der Waals surface area contributed by atoms with Crippen LogP contribution in [0.2, 0.25) is 0 Å². The van der Waals surface area contributed by atoms with Gasteiger partial charge in [0.2, 0.25) is 5.91 Å². The molecule has 0 bridgehead atoms. The van der Waals surface area contributed by atoms with Gasteiger partial charge >= 0.3 is 12.1 Å². The van der Waals surface area contributed by atoms with E-state index in [1.807, 2.05) is 6.92 Å². The Balaban J connectivity index is 2.82. The third-order valence-corrected chi connectivity index (χ3v) is 2.59. The fourth-order valence-corrected chi connectivity index (χ4v) is 1.62. The van der Waals surface area contributed by atoms with E-state index in [1.165, 1.54) is 0 Å². The predicted molar refractivity (Wildman–Crippen MR) is 64.3 cm³/mol. The Kier molecular flexibility index (Phi) is 5.18. The summed E-state index contributed by atoms with van der Waals surface area (Å²) in [6.45, 7) is 2.03. The van der Waals surface area contributed by atoms with Gasteiger partial charge in [0.05, 0.1) is 11.1 Å². The first kappa shape index (κ1) is 16.1. The molecule has 1 aromatic heterocycles. The lowest BCUT2D eigenvalue weighted by Crippen LogP contribution is -2.28. The fraction of sp³-hybridized carbons (Fsp3) is 0.500. The first-order valence-electron chi connectivity index (χ1n) is 6.02. The normalized spacial score (nSPS) is 11.4. The lowest BCUT2D eigenvalue weighted by molar-refractivity contribution is -0.138. The number of nitrogens with zero attached hydrogens (tertiary/aromatic N) is 1. The van der Waals surface area contributed by atoms with Gasteiger partial charge in [-0.25, -0.2) is 4.79 Å². The summed E-state index contributed by atoms with van der Waals surface area (Å²) in [5.41, 5.74) is -2.12. The Hall–Kier alpha value is -1.99. The van der Waals surface area contributed by atoms with E-state index in [1.54, 1.807) is 0 Å². The number of aromatic nitrogens is 1. The van der Waals surface area contributed by atoms with Gasteiger partial charge in [0, 0.05) is 18.9 Å². The summed E-state index contributed by atoms with van der Waals surface area (Å²) in [5, 5.41) is 11.3. The van der Waals surface area contributed by atoms with Gasteiger partial charge in [-0.05, 0) is 6.42 Å². The molecule has 0 saturated heterocycles. The maximum atomic E-state index is 12.6. The minimum Gasteiger partial charge on any atom is -0.478 e. The Morgan fingerprint density at radius 3 is 2.45 bits per heavy atom. The van der Waals surface area contributed by atoms with Crippen molar-refractivity contribution in [3.8, 4) is 0 Å². The number of carbonyl (C=O) groups is 2. The molecule has 0 spiro atoms. The second kappa shape index (κ2) is 6.44. The average Bonchev–Trinajstić information content (AvgIpc) is 2.73. The summed E-state index contributed by atoms with van der Waals surface area (Å²) in [4.78, 5) is 22.2. The first-order chi connectivity index (χ1) is 9.25. The summed E-state index contributed by atoms with van der Waals surface area (Å²) in [6.07, 6.45) is -1.68. The molecular formula is C12H15F3N2O3. The molecule has 0 fully saturated rings. The highest BCUT2D eigenvalue weighted by atomic mass is 19.4. The third kappa shape index (κ3) is 4.29. The number of unbranched alkanes of at least 4 members (excludes halogenated alkanes) is 1. The minimum atomic E-state index is -4.77. The van der Waals surface area contributed by atoms with E-state index in [-0.39, 0.29) is 6.54 Å². The van der Waals surface area contributed by atoms with Crippen molar-refractivity contribution in [1.82, 2.24) is 9.88 Å². The molecule has 1 heterocycles. The fourth-order valence-electron chi connectivity index (χ4n) is 1.62. The standard InChI is InChI=1S/C12H15F3N2O3/c1-2-3-4-16-10(18)7-17-5-8(11(19)20)9(6-17)12(13,14)15/h5-6H,2-4,7H2,1H3,(H,16,18)(H,19,20). The van der Waals surface area contributed by atoms with Gasteiger partial charge in [0.1, 0.15) is 6.54 Å². The number of carboxylic acid groups (broad SMARTS) is 1. The van der Waals surface area contributed by atoms with Gasteiger partial charge in [-0.15, -0.1) is 0 Å². The second-order valence-corrected chi connectivity index (χ2v) is 4.26. The Morgan fingerprint density at radius 2 is 2.00 bits per heavy atom. The molecule has 0 aromatic carbocycles. The Labute approximate surface area is 113 Å². The summed E-state index contributed by atoms with van der Waals surface area (Å²) in [7, 11) is 0. The number of alkyl halides is 3. The molecule has 20 heavy (non-hydrogen) atoms. The molecule has 0 unspecified atom stereocenters. The summed E-state index contributed by atoms with van der Waals surface area (Å²) < 4.78 is 38.8. The van der Waals surface area contributed by atoms with Crippen molar-refractivity contribution < 1.29 is 27.9 Å². The Bertz CT molecular complexity index is 495. The molecular weight excluding hydrogens is 277 g/mol. The summed E-state index contributed by atoms with van der Waals surface area (Å²) >= 11 is 0. The van der Waals surface area contributed by atoms with Crippen LogP contribution in [0, 0.1) is 0 Å². The van der Waals surface area contributed by atoms with Crippen LogP contribution in [-0.2, 0) is 17.5 Å². The van der Waals surface area contributed by atoms with Gasteiger partial charge in [0.15, 0.2) is 0 Å². The number of aromatic carboxylic acids is 1. The van der Waals surface area contributed by atoms with Gasteiger partial charge in [-0.2, -0.15) is 13.2 Å². The number of halogens is 3. The molecule has 0 aliphatic rings. The van der Waals surface area contributed by atoms with E-state index in [2.05, 4.69) is 5.32 Å². The zero-order valence-electron chi connectivity index (χ0n) is 10.8. The van der Waals surface area contributed by atoms with Crippen molar-refractivity contribution >= 4 is 11.9 Å². The van der Waals surface area contributed by atoms with Crippen LogP contribution < -0.4 is 5.32 Å². The number of carboxylic acids is 1. The van der Waals surface area contributed by atoms with E-state index in [0.29, 0.717) is 12.7 Å². The largest absolute Gasteiger partial charge is 0.478 e. The topological polar surface area (TPSA) is 71.3 Å². The molecule has 2 N–H and O–H groups in total. The Morgan fingerprint density at radius 1 is 1.35 bits per heavy atom. The maximum absolute atomic E-state index is 12.6. The summed E-state index contributed by atoms with van der Waals surface area (Å²) in [6, 6.07) is 0. The molecule has 0 aliphatic carbocycles. The highest BCUT2D eigenvalue weighted by Gasteiger charge is 2.37. The lowest BCUT2D eigenvalue weighted by Gasteiger charge is -2.05. The average molecular weight is 292 g/mol. The molecule has 0 aliphatic heterocycles. The van der Waals surface area contributed by atoms with E-state index >= 15 is 0 Å². The summed E-state index contributed by atoms with van der Waals surface area (Å²) in [5.74, 6) is -2.14. The molecule has 1 aromatic rings. The SMILES string of the molecule is CCCCNC(=O)Cn1cc(C(=O)O)c(C(F)(F)F)c1. The van der Waals surface area contributed by atoms with Gasteiger partial charge in [-0.1, -0.05) is 13.3 Å². The molecule has 112 valence electrons. The highest BCUT2D eigenvalue weighted by Crippen LogP contribution is 2.32. The van der Waals surface area contributed by atoms with Crippen LogP contribution in [0.15, 0.2) is 12.4 Å². The van der Waals surface area contributed by atoms with Crippen LogP contribution in [0.5, 0.6) is 0 Å². The molecule has 0 atom stereocenters. The minimum absolute atomic E-state index is 0.347. The quantitative estimate of drug-likeness (QED) is 0.789. The number of amides is 1. The van der Waals surface area contributed by atoms with Crippen LogP contribution in [0.4, 0.5) is 13.2 Å². The van der Waals surface area contributed by atoms with Gasteiger partial charge < -0.3 is 15.0 Å². The number of hydrogen-bond acceptors (Lipinski definition) is 2. The second-order valence-electron chi connectivity index (χ2n) is 4.26. The van der Waals surface area contributed by atoms with Crippen molar-refractivity contribution in [2.45, 2.75) is 32.5 Å². The number of hydrogen-bond donors (Lipinski definition) is 2. The first-order valence-corrected chi connectivity index (χ1v) is 6.02. The van der Waals surface area contributed by atoms with Crippen LogP contribution in [0.25, 0.3) is 0 Å². The number of rotatable bonds is 6. The molecule has 0 radical (unpaired) electrons. The molecule has 1 amide bonds. The molecule has 1 rings (SSSR count). The van der Waals surface area contributed by atoms with Crippen LogP contribution in [0.1, 0.15) is 35.7 Å². The maximum Gasteiger partial charge on any atom is 0.418 e. The number of nitrogens with one attached hydrogen (secondary N) is 1. The van der Waals surface area contributed by atoms with E-state index in [4.69, 9.17) is 5.11 Å². The van der Waals surface area contributed by atoms with Crippen molar-refractivity contribution in [2.24, 2.45) is 0 Å². The van der Waals surface area contributed by atoms with Crippen LogP contribution >= 0.6 is 0 Å². The zero-order chi connectivity index (χ0) is 15.3. The number of carbonyl (C=O) groups excluding carboxylic acids is 1. The van der Waals surface area contributed by atoms with E-state index in [0.717, 1.165) is 23.6 Å². The highest BCUT2D eigenvalue weighted by molar-refractivity contribution is 5.89. The van der Waals surface area contributed by atoms with Crippen LogP contribution in [0.3, 0.4) is 0 Å². The third-order valence-electron chi connectivity index (χ3n) is 2.59. The van der Waals surface area contributed by atoms with E-state index < -0.39 is 29.2 Å². The predicted octanol–water partition coefficient (Wildman–Crippen LogP) is 2.12. The van der Waals surface area contributed by atoms with Crippen molar-refractivity contribution in [2.75, 3.05) is 6.54 Å².